The Labute approximate surface area is 226 Å². The number of halogens is 2. The van der Waals surface area contributed by atoms with Crippen molar-refractivity contribution in [2.75, 3.05) is 0 Å². The van der Waals surface area contributed by atoms with Gasteiger partial charge in [0.05, 0.1) is 0 Å². The van der Waals surface area contributed by atoms with Crippen LogP contribution in [0.25, 0.3) is 65.3 Å². The molecule has 0 spiro atoms. The van der Waals surface area contributed by atoms with E-state index in [4.69, 9.17) is 0 Å². The van der Waals surface area contributed by atoms with Crippen LogP contribution in [0.5, 0.6) is 0 Å². The zero-order chi connectivity index (χ0) is 24.2. The lowest BCUT2D eigenvalue weighted by molar-refractivity contribution is 1.66. The van der Waals surface area contributed by atoms with Crippen LogP contribution < -0.4 is 0 Å². The first-order chi connectivity index (χ1) is 17.7. The Kier molecular flexibility index (Phi) is 5.20. The summed E-state index contributed by atoms with van der Waals surface area (Å²) in [5.74, 6) is 0. The molecule has 0 aromatic heterocycles. The maximum atomic E-state index is 3.77. The zero-order valence-electron chi connectivity index (χ0n) is 19.3. The molecule has 0 saturated heterocycles. The van der Waals surface area contributed by atoms with E-state index in [0.717, 1.165) is 8.95 Å². The van der Waals surface area contributed by atoms with Crippen LogP contribution in [-0.2, 0) is 0 Å². The highest BCUT2D eigenvalue weighted by molar-refractivity contribution is 9.11. The van der Waals surface area contributed by atoms with Gasteiger partial charge in [0.25, 0.3) is 0 Å². The highest BCUT2D eigenvalue weighted by Crippen LogP contribution is 2.47. The Morgan fingerprint density at radius 2 is 0.556 bits per heavy atom. The van der Waals surface area contributed by atoms with Gasteiger partial charge in [-0.2, -0.15) is 0 Å². The van der Waals surface area contributed by atoms with Gasteiger partial charge in [0, 0.05) is 8.95 Å². The van der Waals surface area contributed by atoms with Crippen molar-refractivity contribution in [2.45, 2.75) is 0 Å². The molecule has 7 aromatic rings. The van der Waals surface area contributed by atoms with E-state index in [1.165, 1.54) is 65.3 Å². The Bertz CT molecular complexity index is 1770. The summed E-state index contributed by atoms with van der Waals surface area (Å²) in [5, 5.41) is 10.0. The second kappa shape index (κ2) is 8.58. The summed E-state index contributed by atoms with van der Waals surface area (Å²) in [4.78, 5) is 0. The summed E-state index contributed by atoms with van der Waals surface area (Å²) < 4.78 is 2.24. The van der Waals surface area contributed by atoms with Crippen molar-refractivity contribution in [2.24, 2.45) is 0 Å². The molecule has 7 aromatic carbocycles. The summed E-state index contributed by atoms with van der Waals surface area (Å²) in [5.41, 5.74) is 5.09. The van der Waals surface area contributed by atoms with Crippen LogP contribution >= 0.6 is 31.9 Å². The lowest BCUT2D eigenvalue weighted by atomic mass is 9.84. The van der Waals surface area contributed by atoms with Gasteiger partial charge in [-0.15, -0.1) is 0 Å². The fourth-order valence-corrected chi connectivity index (χ4v) is 6.63. The van der Waals surface area contributed by atoms with Crippen LogP contribution in [0.4, 0.5) is 0 Å². The van der Waals surface area contributed by atoms with E-state index in [1.54, 1.807) is 0 Å². The Balaban J connectivity index is 1.70. The number of hydrogen-bond donors (Lipinski definition) is 0. The lowest BCUT2D eigenvalue weighted by Gasteiger charge is -2.20. The molecule has 0 N–H and O–H groups in total. The second-order valence-electron chi connectivity index (χ2n) is 9.12. The van der Waals surface area contributed by atoms with Crippen molar-refractivity contribution in [3.8, 4) is 22.3 Å². The normalized spacial score (nSPS) is 11.6. The first-order valence-electron chi connectivity index (χ1n) is 12.0. The molecule has 0 aliphatic heterocycles. The van der Waals surface area contributed by atoms with Gasteiger partial charge in [-0.25, -0.2) is 0 Å². The average molecular weight is 588 g/mol. The summed E-state index contributed by atoms with van der Waals surface area (Å²) in [6.07, 6.45) is 0. The minimum Gasteiger partial charge on any atom is -0.0616 e. The van der Waals surface area contributed by atoms with Crippen LogP contribution in [0.15, 0.2) is 130 Å². The summed E-state index contributed by atoms with van der Waals surface area (Å²) >= 11 is 7.54. The van der Waals surface area contributed by atoms with Crippen molar-refractivity contribution in [1.29, 1.82) is 0 Å². The van der Waals surface area contributed by atoms with Crippen molar-refractivity contribution in [3.63, 3.8) is 0 Å². The zero-order valence-corrected chi connectivity index (χ0v) is 22.5. The molecule has 0 radical (unpaired) electrons. The molecule has 0 atom stereocenters. The molecule has 0 amide bonds. The molecule has 7 rings (SSSR count). The second-order valence-corrected chi connectivity index (χ2v) is 10.8. The Morgan fingerprint density at radius 1 is 0.278 bits per heavy atom. The highest BCUT2D eigenvalue weighted by atomic mass is 79.9. The molecular formula is C34H20Br2. The number of fused-ring (bicyclic) bond motifs is 4. The first-order valence-corrected chi connectivity index (χ1v) is 13.6. The van der Waals surface area contributed by atoms with Crippen molar-refractivity contribution in [1.82, 2.24) is 0 Å². The van der Waals surface area contributed by atoms with Crippen LogP contribution in [0, 0.1) is 0 Å². The first kappa shape index (κ1) is 21.8. The minimum atomic E-state index is 1.12. The number of benzene rings is 7. The van der Waals surface area contributed by atoms with Gasteiger partial charge in [0.2, 0.25) is 0 Å². The van der Waals surface area contributed by atoms with E-state index in [0.29, 0.717) is 0 Å². The molecule has 0 heterocycles. The van der Waals surface area contributed by atoms with Gasteiger partial charge in [-0.1, -0.05) is 141 Å². The van der Waals surface area contributed by atoms with Gasteiger partial charge >= 0.3 is 0 Å². The smallest absolute Gasteiger partial charge is 0.0254 e. The van der Waals surface area contributed by atoms with Crippen molar-refractivity contribution >= 4 is 74.9 Å². The molecule has 0 saturated carbocycles. The molecule has 0 aliphatic carbocycles. The predicted molar refractivity (Wildman–Crippen MR) is 163 cm³/mol. The molecule has 0 nitrogen and oxygen atoms in total. The average Bonchev–Trinajstić information content (AvgIpc) is 2.93. The lowest BCUT2D eigenvalue weighted by Crippen LogP contribution is -1.92. The monoisotopic (exact) mass is 586 g/mol. The van der Waals surface area contributed by atoms with Crippen LogP contribution in [-0.4, -0.2) is 0 Å². The van der Waals surface area contributed by atoms with Gasteiger partial charge in [-0.3, -0.25) is 0 Å². The van der Waals surface area contributed by atoms with Crippen molar-refractivity contribution < 1.29 is 0 Å². The third kappa shape index (κ3) is 3.25. The fourth-order valence-electron chi connectivity index (χ4n) is 5.67. The van der Waals surface area contributed by atoms with Crippen LogP contribution in [0.3, 0.4) is 0 Å². The SMILES string of the molecule is Brc1ccc(-c2c3ccccc3c(-c3ccc(Br)c4ccccc34)c3ccccc23)c2ccccc12. The third-order valence-corrected chi connectivity index (χ3v) is 8.59. The largest absolute Gasteiger partial charge is 0.0616 e. The highest BCUT2D eigenvalue weighted by Gasteiger charge is 2.19. The maximum absolute atomic E-state index is 3.77. The minimum absolute atomic E-state index is 1.12. The van der Waals surface area contributed by atoms with Gasteiger partial charge in [-0.05, 0) is 77.5 Å². The number of hydrogen-bond acceptors (Lipinski definition) is 0. The standard InChI is InChI=1S/C34H20Br2/c35-31-19-17-29(21-9-1-3-11-23(21)31)33-25-13-5-7-15-27(25)34(28-16-8-6-14-26(28)33)30-18-20-32(36)24-12-4-2-10-22(24)30/h1-20H. The molecule has 2 heteroatoms. The van der Waals surface area contributed by atoms with E-state index < -0.39 is 0 Å². The molecule has 0 unspecified atom stereocenters. The summed E-state index contributed by atoms with van der Waals surface area (Å²) in [6, 6.07) is 43.9. The molecule has 0 fully saturated rings. The van der Waals surface area contributed by atoms with E-state index in [2.05, 4.69) is 153 Å². The molecule has 0 bridgehead atoms. The fraction of sp³-hybridized carbons (Fsp3) is 0. The molecule has 170 valence electrons. The Morgan fingerprint density at radius 3 is 0.889 bits per heavy atom. The van der Waals surface area contributed by atoms with E-state index in [1.807, 2.05) is 0 Å². The summed E-state index contributed by atoms with van der Waals surface area (Å²) in [6.45, 7) is 0. The number of rotatable bonds is 2. The third-order valence-electron chi connectivity index (χ3n) is 7.21. The van der Waals surface area contributed by atoms with Gasteiger partial charge in [0.1, 0.15) is 0 Å². The quantitative estimate of drug-likeness (QED) is 0.176. The van der Waals surface area contributed by atoms with E-state index in [-0.39, 0.29) is 0 Å². The Hall–Kier alpha value is -3.46. The van der Waals surface area contributed by atoms with Crippen LogP contribution in [0.2, 0.25) is 0 Å². The van der Waals surface area contributed by atoms with E-state index in [9.17, 15) is 0 Å². The van der Waals surface area contributed by atoms with Crippen molar-refractivity contribution in [3.05, 3.63) is 130 Å². The summed E-state index contributed by atoms with van der Waals surface area (Å²) in [7, 11) is 0. The predicted octanol–water partition coefficient (Wildman–Crippen LogP) is 11.2. The molecular weight excluding hydrogens is 568 g/mol. The molecule has 0 aliphatic rings. The molecule has 36 heavy (non-hydrogen) atoms. The van der Waals surface area contributed by atoms with Gasteiger partial charge in [0.15, 0.2) is 0 Å². The van der Waals surface area contributed by atoms with Crippen LogP contribution in [0.1, 0.15) is 0 Å². The van der Waals surface area contributed by atoms with E-state index >= 15 is 0 Å². The maximum Gasteiger partial charge on any atom is 0.0254 e. The topological polar surface area (TPSA) is 0 Å². The van der Waals surface area contributed by atoms with Gasteiger partial charge < -0.3 is 0 Å².